The van der Waals surface area contributed by atoms with Crippen LogP contribution in [0.4, 0.5) is 4.39 Å². The van der Waals surface area contributed by atoms with Crippen LogP contribution in [0.3, 0.4) is 0 Å². The van der Waals surface area contributed by atoms with Gasteiger partial charge in [-0.15, -0.1) is 11.3 Å². The average Bonchev–Trinajstić information content (AvgIpc) is 2.90. The van der Waals surface area contributed by atoms with Crippen LogP contribution in [0.1, 0.15) is 29.4 Å². The van der Waals surface area contributed by atoms with Crippen LogP contribution in [-0.4, -0.2) is 36.5 Å². The summed E-state index contributed by atoms with van der Waals surface area (Å²) in [7, 11) is 1.97. The van der Waals surface area contributed by atoms with Crippen LogP contribution in [-0.2, 0) is 0 Å². The normalized spacial score (nSPS) is 18.1. The van der Waals surface area contributed by atoms with Gasteiger partial charge in [0.25, 0.3) is 5.91 Å². The number of hydrogen-bond donors (Lipinski definition) is 1. The van der Waals surface area contributed by atoms with E-state index in [4.69, 9.17) is 0 Å². The van der Waals surface area contributed by atoms with Crippen molar-refractivity contribution < 1.29 is 9.18 Å². The zero-order chi connectivity index (χ0) is 15.0. The number of thiophene rings is 1. The Bertz CT molecular complexity index is 674. The smallest absolute Gasteiger partial charge is 0.263 e. The Labute approximate surface area is 127 Å². The molecule has 5 heteroatoms. The maximum atomic E-state index is 13.2. The van der Waals surface area contributed by atoms with Crippen molar-refractivity contribution in [2.75, 3.05) is 20.1 Å². The standard InChI is InChI=1S/C16H19FN2OS/c1-16(18-2)5-7-19(8-6-16)15(20)14-9-11-3-4-12(17)10-13(11)21-14/h3-4,9-10,18H,5-8H2,1-2H3. The Morgan fingerprint density at radius 3 is 2.71 bits per heavy atom. The molecule has 3 rings (SSSR count). The lowest BCUT2D eigenvalue weighted by Crippen LogP contribution is -2.51. The fourth-order valence-electron chi connectivity index (χ4n) is 2.72. The van der Waals surface area contributed by atoms with Crippen molar-refractivity contribution in [3.8, 4) is 0 Å². The third kappa shape index (κ3) is 2.80. The van der Waals surface area contributed by atoms with Crippen molar-refractivity contribution in [2.24, 2.45) is 0 Å². The Hall–Kier alpha value is -1.46. The molecule has 1 fully saturated rings. The topological polar surface area (TPSA) is 32.3 Å². The van der Waals surface area contributed by atoms with Crippen LogP contribution in [0.5, 0.6) is 0 Å². The third-order valence-electron chi connectivity index (χ3n) is 4.45. The van der Waals surface area contributed by atoms with E-state index in [0.29, 0.717) is 4.88 Å². The summed E-state index contributed by atoms with van der Waals surface area (Å²) >= 11 is 1.37. The number of piperidine rings is 1. The summed E-state index contributed by atoms with van der Waals surface area (Å²) in [6.45, 7) is 3.72. The molecule has 3 nitrogen and oxygen atoms in total. The summed E-state index contributed by atoms with van der Waals surface area (Å²) in [5, 5.41) is 4.26. The molecular formula is C16H19FN2OS. The van der Waals surface area contributed by atoms with Gasteiger partial charge in [-0.3, -0.25) is 4.79 Å². The van der Waals surface area contributed by atoms with Crippen LogP contribution in [0, 0.1) is 5.82 Å². The van der Waals surface area contributed by atoms with E-state index in [-0.39, 0.29) is 17.3 Å². The first-order chi connectivity index (χ1) is 10.0. The second-order valence-corrected chi connectivity index (χ2v) is 6.98. The first-order valence-electron chi connectivity index (χ1n) is 7.18. The molecule has 1 aliphatic rings. The molecule has 1 saturated heterocycles. The molecule has 21 heavy (non-hydrogen) atoms. The van der Waals surface area contributed by atoms with Crippen molar-refractivity contribution >= 4 is 27.3 Å². The maximum absolute atomic E-state index is 13.2. The number of rotatable bonds is 2. The molecule has 1 amide bonds. The fourth-order valence-corrected chi connectivity index (χ4v) is 3.78. The molecule has 0 saturated carbocycles. The Balaban J connectivity index is 1.78. The van der Waals surface area contributed by atoms with Crippen molar-refractivity contribution in [3.05, 3.63) is 35.0 Å². The van der Waals surface area contributed by atoms with E-state index in [2.05, 4.69) is 12.2 Å². The van der Waals surface area contributed by atoms with E-state index < -0.39 is 0 Å². The minimum atomic E-state index is -0.258. The molecule has 1 N–H and O–H groups in total. The zero-order valence-corrected chi connectivity index (χ0v) is 13.1. The van der Waals surface area contributed by atoms with E-state index in [0.717, 1.165) is 36.0 Å². The fraction of sp³-hybridized carbons (Fsp3) is 0.438. The second-order valence-electron chi connectivity index (χ2n) is 5.90. The monoisotopic (exact) mass is 306 g/mol. The van der Waals surface area contributed by atoms with Gasteiger partial charge in [0, 0.05) is 23.3 Å². The third-order valence-corrected chi connectivity index (χ3v) is 5.54. The number of halogens is 1. The number of carbonyl (C=O) groups excluding carboxylic acids is 1. The summed E-state index contributed by atoms with van der Waals surface area (Å²) in [4.78, 5) is 15.2. The Morgan fingerprint density at radius 2 is 2.05 bits per heavy atom. The molecule has 2 heterocycles. The summed E-state index contributed by atoms with van der Waals surface area (Å²) in [6, 6.07) is 6.52. The van der Waals surface area contributed by atoms with E-state index in [1.54, 1.807) is 6.07 Å². The van der Waals surface area contributed by atoms with Crippen molar-refractivity contribution in [1.29, 1.82) is 0 Å². The number of likely N-dealkylation sites (tertiary alicyclic amines) is 1. The molecule has 112 valence electrons. The number of carbonyl (C=O) groups is 1. The lowest BCUT2D eigenvalue weighted by molar-refractivity contribution is 0.0667. The molecule has 1 aromatic heterocycles. The van der Waals surface area contributed by atoms with E-state index >= 15 is 0 Å². The Morgan fingerprint density at radius 1 is 1.33 bits per heavy atom. The van der Waals surface area contributed by atoms with Gasteiger partial charge in [0.1, 0.15) is 5.82 Å². The molecule has 0 radical (unpaired) electrons. The molecule has 1 aromatic carbocycles. The van der Waals surface area contributed by atoms with Crippen LogP contribution >= 0.6 is 11.3 Å². The minimum absolute atomic E-state index is 0.0646. The molecule has 0 bridgehead atoms. The first-order valence-corrected chi connectivity index (χ1v) is 8.00. The highest BCUT2D eigenvalue weighted by atomic mass is 32.1. The molecule has 0 aliphatic carbocycles. The van der Waals surface area contributed by atoms with Crippen LogP contribution in [0.2, 0.25) is 0 Å². The maximum Gasteiger partial charge on any atom is 0.263 e. The van der Waals surface area contributed by atoms with E-state index in [1.165, 1.54) is 23.5 Å². The average molecular weight is 306 g/mol. The molecule has 0 unspecified atom stereocenters. The predicted octanol–water partition coefficient (Wildman–Crippen LogP) is 3.25. The minimum Gasteiger partial charge on any atom is -0.338 e. The van der Waals surface area contributed by atoms with Crippen molar-refractivity contribution in [3.63, 3.8) is 0 Å². The van der Waals surface area contributed by atoms with Gasteiger partial charge in [-0.05, 0) is 50.4 Å². The largest absolute Gasteiger partial charge is 0.338 e. The molecule has 0 atom stereocenters. The highest BCUT2D eigenvalue weighted by molar-refractivity contribution is 7.20. The lowest BCUT2D eigenvalue weighted by atomic mass is 9.90. The Kier molecular flexibility index (Phi) is 3.71. The number of nitrogens with one attached hydrogen (secondary N) is 1. The number of benzene rings is 1. The van der Waals surface area contributed by atoms with Gasteiger partial charge in [-0.2, -0.15) is 0 Å². The highest BCUT2D eigenvalue weighted by Gasteiger charge is 2.31. The summed E-state index contributed by atoms with van der Waals surface area (Å²) in [6.07, 6.45) is 1.91. The summed E-state index contributed by atoms with van der Waals surface area (Å²) in [5.41, 5.74) is 0.125. The quantitative estimate of drug-likeness (QED) is 0.923. The number of fused-ring (bicyclic) bond motifs is 1. The van der Waals surface area contributed by atoms with Gasteiger partial charge >= 0.3 is 0 Å². The van der Waals surface area contributed by atoms with E-state index in [1.807, 2.05) is 18.0 Å². The first kappa shape index (κ1) is 14.5. The molecule has 0 spiro atoms. The van der Waals surface area contributed by atoms with Gasteiger partial charge in [-0.1, -0.05) is 6.07 Å². The van der Waals surface area contributed by atoms with Gasteiger partial charge in [0.05, 0.1) is 4.88 Å². The summed E-state index contributed by atoms with van der Waals surface area (Å²) in [5.74, 6) is -0.194. The SMILES string of the molecule is CNC1(C)CCN(C(=O)c2cc3ccc(F)cc3s2)CC1. The lowest BCUT2D eigenvalue weighted by Gasteiger charge is -2.39. The second kappa shape index (κ2) is 5.39. The van der Waals surface area contributed by atoms with Gasteiger partial charge < -0.3 is 10.2 Å². The van der Waals surface area contributed by atoms with Gasteiger partial charge in [-0.25, -0.2) is 4.39 Å². The summed E-state index contributed by atoms with van der Waals surface area (Å²) < 4.78 is 14.1. The van der Waals surface area contributed by atoms with Gasteiger partial charge in [0.15, 0.2) is 0 Å². The zero-order valence-electron chi connectivity index (χ0n) is 12.3. The number of hydrogen-bond acceptors (Lipinski definition) is 3. The van der Waals surface area contributed by atoms with E-state index in [9.17, 15) is 9.18 Å². The van der Waals surface area contributed by atoms with Crippen LogP contribution in [0.25, 0.3) is 10.1 Å². The number of amides is 1. The highest BCUT2D eigenvalue weighted by Crippen LogP contribution is 2.29. The number of nitrogens with zero attached hydrogens (tertiary/aromatic N) is 1. The van der Waals surface area contributed by atoms with Crippen molar-refractivity contribution in [1.82, 2.24) is 10.2 Å². The molecule has 1 aliphatic heterocycles. The van der Waals surface area contributed by atoms with Crippen LogP contribution < -0.4 is 5.32 Å². The van der Waals surface area contributed by atoms with Gasteiger partial charge in [0.2, 0.25) is 0 Å². The molecule has 2 aromatic rings. The molecular weight excluding hydrogens is 287 g/mol. The predicted molar refractivity (Wildman–Crippen MR) is 84.4 cm³/mol. The van der Waals surface area contributed by atoms with Crippen LogP contribution in [0.15, 0.2) is 24.3 Å². The van der Waals surface area contributed by atoms with Crippen molar-refractivity contribution in [2.45, 2.75) is 25.3 Å².